The summed E-state index contributed by atoms with van der Waals surface area (Å²) < 4.78 is 15.3. The molecule has 0 saturated heterocycles. The molecule has 3 amide bonds. The van der Waals surface area contributed by atoms with Gasteiger partial charge in [-0.1, -0.05) is 44.2 Å². The highest BCUT2D eigenvalue weighted by Crippen LogP contribution is 2.37. The summed E-state index contributed by atoms with van der Waals surface area (Å²) in [6, 6.07) is 4.17. The van der Waals surface area contributed by atoms with Gasteiger partial charge in [-0.3, -0.25) is 19.4 Å². The zero-order valence-electron chi connectivity index (χ0n) is 20.0. The third kappa shape index (κ3) is 11.6. The first-order chi connectivity index (χ1) is 16.5. The molecule has 1 aromatic rings. The largest absolute Gasteiger partial charge is 0.524 e. The number of benzene rings is 1. The van der Waals surface area contributed by atoms with E-state index in [0.29, 0.717) is 18.0 Å². The Hall–Kier alpha value is -2.62. The minimum Gasteiger partial charge on any atom is -0.481 e. The van der Waals surface area contributed by atoms with Crippen molar-refractivity contribution in [1.29, 1.82) is 0 Å². The Morgan fingerprint density at radius 2 is 1.80 bits per heavy atom. The Morgan fingerprint density at radius 1 is 1.14 bits per heavy atom. The van der Waals surface area contributed by atoms with E-state index in [1.54, 1.807) is 11.9 Å². The number of likely N-dealkylation sites (N-methyl/N-ethyl adjacent to an activating group) is 1. The molecule has 196 valence electrons. The molecule has 0 unspecified atom stereocenters. The van der Waals surface area contributed by atoms with Gasteiger partial charge in [0.05, 0.1) is 0 Å². The molecular weight excluding hydrogens is 477 g/mol. The van der Waals surface area contributed by atoms with Gasteiger partial charge in [-0.15, -0.1) is 0 Å². The van der Waals surface area contributed by atoms with Gasteiger partial charge in [-0.2, -0.15) is 0 Å². The van der Waals surface area contributed by atoms with Crippen LogP contribution in [0.15, 0.2) is 24.3 Å². The Kier molecular flexibility index (Phi) is 11.5. The molecule has 0 spiro atoms. The molecule has 1 aromatic carbocycles. The van der Waals surface area contributed by atoms with Crippen LogP contribution >= 0.6 is 7.82 Å². The van der Waals surface area contributed by atoms with E-state index in [0.717, 1.165) is 12.8 Å². The van der Waals surface area contributed by atoms with Crippen LogP contribution in [0.4, 0.5) is 4.79 Å². The normalized spacial score (nSPS) is 15.2. The number of amides is 3. The predicted octanol–water partition coefficient (Wildman–Crippen LogP) is 3.01. The number of carboxylic acids is 1. The average Bonchev–Trinajstić information content (AvgIpc) is 2.80. The van der Waals surface area contributed by atoms with E-state index in [9.17, 15) is 18.9 Å². The molecule has 5 N–H and O–H groups in total. The second kappa shape index (κ2) is 14.1. The Bertz CT molecular complexity index is 883. The van der Waals surface area contributed by atoms with Crippen molar-refractivity contribution >= 4 is 25.7 Å². The van der Waals surface area contributed by atoms with Crippen LogP contribution in [-0.2, 0) is 20.7 Å². The van der Waals surface area contributed by atoms with Crippen LogP contribution in [0.2, 0.25) is 0 Å². The monoisotopic (exact) mass is 513 g/mol. The van der Waals surface area contributed by atoms with E-state index < -0.39 is 25.9 Å². The third-order valence-electron chi connectivity index (χ3n) is 6.06. The SMILES string of the molecule is CN(CCCC1CCCCC1)C(=O)[C@H](CCC(=O)O)NC(=O)NCc1ccc(OP(=O)(O)O)cc1. The zero-order valence-corrected chi connectivity index (χ0v) is 20.9. The molecule has 12 heteroatoms. The lowest BCUT2D eigenvalue weighted by Crippen LogP contribution is -2.50. The first kappa shape index (κ1) is 28.6. The molecule has 0 bridgehead atoms. The van der Waals surface area contributed by atoms with Crippen molar-refractivity contribution in [3.05, 3.63) is 29.8 Å². The van der Waals surface area contributed by atoms with Gasteiger partial charge >= 0.3 is 19.8 Å². The van der Waals surface area contributed by atoms with Gasteiger partial charge in [0.15, 0.2) is 0 Å². The number of nitrogens with zero attached hydrogens (tertiary/aromatic N) is 1. The molecule has 0 aromatic heterocycles. The number of aliphatic carboxylic acids is 1. The van der Waals surface area contributed by atoms with E-state index in [1.807, 2.05) is 0 Å². The summed E-state index contributed by atoms with van der Waals surface area (Å²) in [5.74, 6) is -0.694. The lowest BCUT2D eigenvalue weighted by atomic mass is 9.86. The summed E-state index contributed by atoms with van der Waals surface area (Å²) in [6.07, 6.45) is 7.94. The molecular formula is C23H36N3O8P. The highest BCUT2D eigenvalue weighted by atomic mass is 31.2. The second-order valence-electron chi connectivity index (χ2n) is 8.94. The predicted molar refractivity (Wildman–Crippen MR) is 129 cm³/mol. The van der Waals surface area contributed by atoms with Crippen molar-refractivity contribution < 1.29 is 38.4 Å². The molecule has 11 nitrogen and oxygen atoms in total. The number of rotatable bonds is 13. The minimum absolute atomic E-state index is 0.0163. The van der Waals surface area contributed by atoms with Gasteiger partial charge in [0.25, 0.3) is 0 Å². The number of nitrogens with one attached hydrogen (secondary N) is 2. The number of urea groups is 1. The maximum Gasteiger partial charge on any atom is 0.524 e. The number of hydrogen-bond acceptors (Lipinski definition) is 5. The van der Waals surface area contributed by atoms with Crippen LogP contribution in [0.1, 0.15) is 63.4 Å². The van der Waals surface area contributed by atoms with Crippen LogP contribution < -0.4 is 15.2 Å². The summed E-state index contributed by atoms with van der Waals surface area (Å²) in [5.41, 5.74) is 0.631. The van der Waals surface area contributed by atoms with Gasteiger partial charge in [0.2, 0.25) is 5.91 Å². The minimum atomic E-state index is -4.65. The van der Waals surface area contributed by atoms with Gasteiger partial charge in [-0.25, -0.2) is 9.36 Å². The maximum atomic E-state index is 12.9. The van der Waals surface area contributed by atoms with E-state index in [2.05, 4.69) is 15.2 Å². The lowest BCUT2D eigenvalue weighted by Gasteiger charge is -2.26. The third-order valence-corrected chi connectivity index (χ3v) is 6.51. The number of phosphoric acid groups is 1. The molecule has 0 radical (unpaired) electrons. The van der Waals surface area contributed by atoms with E-state index in [-0.39, 0.29) is 31.0 Å². The molecule has 1 fully saturated rings. The number of carboxylic acid groups (broad SMARTS) is 1. The fourth-order valence-corrected chi connectivity index (χ4v) is 4.59. The molecule has 0 heterocycles. The highest BCUT2D eigenvalue weighted by molar-refractivity contribution is 7.46. The summed E-state index contributed by atoms with van der Waals surface area (Å²) in [4.78, 5) is 55.6. The van der Waals surface area contributed by atoms with Crippen LogP contribution in [0.3, 0.4) is 0 Å². The molecule has 35 heavy (non-hydrogen) atoms. The number of hydrogen-bond donors (Lipinski definition) is 5. The first-order valence-corrected chi connectivity index (χ1v) is 13.4. The lowest BCUT2D eigenvalue weighted by molar-refractivity contribution is -0.137. The summed E-state index contributed by atoms with van der Waals surface area (Å²) >= 11 is 0. The molecule has 2 rings (SSSR count). The van der Waals surface area contributed by atoms with E-state index in [4.69, 9.17) is 14.9 Å². The Morgan fingerprint density at radius 3 is 2.40 bits per heavy atom. The summed E-state index contributed by atoms with van der Waals surface area (Å²) in [6.45, 7) is 0.629. The summed E-state index contributed by atoms with van der Waals surface area (Å²) in [5, 5.41) is 14.2. The number of carbonyl (C=O) groups excluding carboxylic acids is 2. The second-order valence-corrected chi connectivity index (χ2v) is 10.1. The van der Waals surface area contributed by atoms with Crippen molar-refractivity contribution in [2.75, 3.05) is 13.6 Å². The van der Waals surface area contributed by atoms with E-state index >= 15 is 0 Å². The van der Waals surface area contributed by atoms with Crippen molar-refractivity contribution in [2.45, 2.75) is 70.4 Å². The van der Waals surface area contributed by atoms with Crippen LogP contribution in [0, 0.1) is 5.92 Å². The Labute approximate surface area is 205 Å². The standard InChI is InChI=1S/C23H36N3O8P/c1-26(15-5-8-17-6-3-2-4-7-17)22(29)20(13-14-21(27)28)25-23(30)24-16-18-9-11-19(12-10-18)34-35(31,32)33/h9-12,17,20H,2-8,13-16H2,1H3,(H,27,28)(H2,24,25,30)(H2,31,32,33)/t20-/m0/s1. The molecule has 1 aliphatic rings. The Balaban J connectivity index is 1.84. The quantitative estimate of drug-likeness (QED) is 0.251. The van der Waals surface area contributed by atoms with Crippen molar-refractivity contribution in [1.82, 2.24) is 15.5 Å². The molecule has 1 atom stereocenters. The number of phosphoric ester groups is 1. The fourth-order valence-electron chi connectivity index (χ4n) is 4.19. The van der Waals surface area contributed by atoms with Crippen molar-refractivity contribution in [2.24, 2.45) is 5.92 Å². The van der Waals surface area contributed by atoms with Crippen molar-refractivity contribution in [3.8, 4) is 5.75 Å². The van der Waals surface area contributed by atoms with E-state index in [1.165, 1.54) is 56.4 Å². The van der Waals surface area contributed by atoms with Gasteiger partial charge in [-0.05, 0) is 42.9 Å². The summed E-state index contributed by atoms with van der Waals surface area (Å²) in [7, 11) is -2.99. The van der Waals surface area contributed by atoms with Crippen molar-refractivity contribution in [3.63, 3.8) is 0 Å². The molecule has 1 aliphatic carbocycles. The highest BCUT2D eigenvalue weighted by Gasteiger charge is 2.25. The molecule has 1 saturated carbocycles. The van der Waals surface area contributed by atoms with Gasteiger partial charge in [0, 0.05) is 26.6 Å². The van der Waals surface area contributed by atoms with Gasteiger partial charge < -0.3 is 25.2 Å². The van der Waals surface area contributed by atoms with Gasteiger partial charge in [0.1, 0.15) is 11.8 Å². The molecule has 0 aliphatic heterocycles. The van der Waals surface area contributed by atoms with Crippen LogP contribution in [0.25, 0.3) is 0 Å². The van der Waals surface area contributed by atoms with Crippen LogP contribution in [-0.4, -0.2) is 57.3 Å². The fraction of sp³-hybridized carbons (Fsp3) is 0.609. The topological polar surface area (TPSA) is 166 Å². The maximum absolute atomic E-state index is 12.9. The average molecular weight is 514 g/mol. The smallest absolute Gasteiger partial charge is 0.481 e. The first-order valence-electron chi connectivity index (χ1n) is 11.9. The number of carbonyl (C=O) groups is 3. The zero-order chi connectivity index (χ0) is 25.8. The van der Waals surface area contributed by atoms with Crippen LogP contribution in [0.5, 0.6) is 5.75 Å².